The van der Waals surface area contributed by atoms with Gasteiger partial charge in [-0.15, -0.1) is 0 Å². The predicted molar refractivity (Wildman–Crippen MR) is 85.2 cm³/mol. The Labute approximate surface area is 134 Å². The van der Waals surface area contributed by atoms with Crippen LogP contribution in [0, 0.1) is 11.5 Å². The maximum absolute atomic E-state index is 13.8. The van der Waals surface area contributed by atoms with E-state index in [1.165, 1.54) is 4.90 Å². The molecule has 0 saturated carbocycles. The molecule has 1 aliphatic heterocycles. The van der Waals surface area contributed by atoms with Crippen LogP contribution in [0.1, 0.15) is 10.4 Å². The molecule has 0 unspecified atom stereocenters. The van der Waals surface area contributed by atoms with E-state index in [0.29, 0.717) is 5.56 Å². The van der Waals surface area contributed by atoms with E-state index in [2.05, 4.69) is 5.32 Å². The fourth-order valence-electron chi connectivity index (χ4n) is 2.68. The molecule has 5 heteroatoms. The molecule has 1 aliphatic rings. The number of nitriles is 1. The summed E-state index contributed by atoms with van der Waals surface area (Å²) in [4.78, 5) is 13.5. The highest BCUT2D eigenvalue weighted by molar-refractivity contribution is 5.95. The normalized spacial score (nSPS) is 20.1. The van der Waals surface area contributed by atoms with Gasteiger partial charge in [0.1, 0.15) is 6.17 Å². The van der Waals surface area contributed by atoms with Crippen molar-refractivity contribution in [3.8, 4) is 17.3 Å². The topological polar surface area (TPSA) is 56.1 Å². The number of nitrogens with one attached hydrogen (secondary N) is 1. The lowest BCUT2D eigenvalue weighted by Crippen LogP contribution is -2.41. The third-order valence-electron chi connectivity index (χ3n) is 3.96. The summed E-state index contributed by atoms with van der Waals surface area (Å²) in [6.45, 7) is 0.250. The molecule has 4 nitrogen and oxygen atoms in total. The summed E-state index contributed by atoms with van der Waals surface area (Å²) in [6, 6.07) is 16.4. The van der Waals surface area contributed by atoms with Crippen LogP contribution >= 0.6 is 0 Å². The fourth-order valence-corrected chi connectivity index (χ4v) is 2.68. The van der Waals surface area contributed by atoms with Gasteiger partial charge in [0.2, 0.25) is 0 Å². The van der Waals surface area contributed by atoms with Gasteiger partial charge in [-0.05, 0) is 23.3 Å². The third-order valence-corrected chi connectivity index (χ3v) is 3.96. The Bertz CT molecular complexity index is 724. The van der Waals surface area contributed by atoms with Gasteiger partial charge in [-0.1, -0.05) is 42.5 Å². The molecule has 0 aliphatic carbocycles. The highest BCUT2D eigenvalue weighted by Crippen LogP contribution is 2.19. The average molecular weight is 309 g/mol. The minimum atomic E-state index is -1.22. The smallest absolute Gasteiger partial charge is 0.251 e. The summed E-state index contributed by atoms with van der Waals surface area (Å²) in [5, 5.41) is 11.4. The number of amides is 1. The highest BCUT2D eigenvalue weighted by atomic mass is 19.1. The Morgan fingerprint density at radius 3 is 2.35 bits per heavy atom. The maximum Gasteiger partial charge on any atom is 0.251 e. The molecule has 2 atom stereocenters. The van der Waals surface area contributed by atoms with Crippen molar-refractivity contribution >= 4 is 5.91 Å². The van der Waals surface area contributed by atoms with E-state index in [4.69, 9.17) is 5.26 Å². The molecule has 3 rings (SSSR count). The molecule has 0 spiro atoms. The number of rotatable bonds is 3. The van der Waals surface area contributed by atoms with Crippen LogP contribution in [0.2, 0.25) is 0 Å². The van der Waals surface area contributed by atoms with Crippen molar-refractivity contribution in [2.45, 2.75) is 12.2 Å². The zero-order chi connectivity index (χ0) is 16.2. The lowest BCUT2D eigenvalue weighted by Gasteiger charge is -2.14. The number of carbonyl (C=O) groups excluding carboxylic acids is 1. The molecular weight excluding hydrogens is 293 g/mol. The first-order chi connectivity index (χ1) is 11.2. The van der Waals surface area contributed by atoms with Crippen molar-refractivity contribution in [1.82, 2.24) is 10.2 Å². The molecule has 1 heterocycles. The van der Waals surface area contributed by atoms with Crippen LogP contribution in [0.4, 0.5) is 4.39 Å². The first kappa shape index (κ1) is 15.0. The van der Waals surface area contributed by atoms with Crippen molar-refractivity contribution in [2.75, 3.05) is 13.1 Å². The minimum absolute atomic E-state index is 0.0361. The second kappa shape index (κ2) is 6.49. The van der Waals surface area contributed by atoms with Crippen LogP contribution in [0.15, 0.2) is 54.6 Å². The Hall–Kier alpha value is -2.87. The summed E-state index contributed by atoms with van der Waals surface area (Å²) >= 11 is 0. The van der Waals surface area contributed by atoms with Gasteiger partial charge in [-0.25, -0.2) is 4.39 Å². The molecule has 1 amide bonds. The zero-order valence-electron chi connectivity index (χ0n) is 12.4. The number of hydrogen-bond donors (Lipinski definition) is 1. The van der Waals surface area contributed by atoms with E-state index in [9.17, 15) is 9.18 Å². The number of carbonyl (C=O) groups is 1. The lowest BCUT2D eigenvalue weighted by molar-refractivity contribution is 0.0923. The maximum atomic E-state index is 13.8. The van der Waals surface area contributed by atoms with Crippen LogP contribution in [0.3, 0.4) is 0 Å². The Balaban J connectivity index is 1.68. The van der Waals surface area contributed by atoms with Crippen molar-refractivity contribution in [3.05, 3.63) is 60.2 Å². The molecular formula is C18H16FN3O. The molecule has 1 saturated heterocycles. The van der Waals surface area contributed by atoms with E-state index in [1.807, 2.05) is 48.7 Å². The zero-order valence-corrected chi connectivity index (χ0v) is 12.4. The number of benzene rings is 2. The summed E-state index contributed by atoms with van der Waals surface area (Å²) < 4.78 is 13.8. The van der Waals surface area contributed by atoms with Crippen LogP contribution in [0.5, 0.6) is 0 Å². The minimum Gasteiger partial charge on any atom is -0.344 e. The quantitative estimate of drug-likeness (QED) is 0.887. The SMILES string of the molecule is N#CN1C[C@H](NC(=O)c2ccc(-c3ccccc3)cc2)[C@@H](F)C1. The fraction of sp³-hybridized carbons (Fsp3) is 0.222. The van der Waals surface area contributed by atoms with E-state index >= 15 is 0 Å². The van der Waals surface area contributed by atoms with Crippen LogP contribution < -0.4 is 5.32 Å². The number of halogens is 1. The van der Waals surface area contributed by atoms with Gasteiger partial charge in [-0.3, -0.25) is 4.79 Å². The Morgan fingerprint density at radius 1 is 1.09 bits per heavy atom. The lowest BCUT2D eigenvalue weighted by atomic mass is 10.0. The molecule has 1 fully saturated rings. The van der Waals surface area contributed by atoms with Gasteiger partial charge in [0.25, 0.3) is 5.91 Å². The standard InChI is InChI=1S/C18H16FN3O/c19-16-10-22(12-20)11-17(16)21-18(23)15-8-6-14(7-9-15)13-4-2-1-3-5-13/h1-9,16-17H,10-11H2,(H,21,23)/t16-,17-/m0/s1. The van der Waals surface area contributed by atoms with E-state index in [-0.39, 0.29) is 19.0 Å². The number of likely N-dealkylation sites (tertiary alicyclic amines) is 1. The largest absolute Gasteiger partial charge is 0.344 e. The van der Waals surface area contributed by atoms with Crippen molar-refractivity contribution < 1.29 is 9.18 Å². The number of alkyl halides is 1. The summed E-state index contributed by atoms with van der Waals surface area (Å²) in [5.41, 5.74) is 2.57. The van der Waals surface area contributed by atoms with Gasteiger partial charge in [0.15, 0.2) is 6.19 Å². The molecule has 0 bridgehead atoms. The molecule has 2 aromatic carbocycles. The Morgan fingerprint density at radius 2 is 1.74 bits per heavy atom. The van der Waals surface area contributed by atoms with Crippen LogP contribution in [-0.4, -0.2) is 36.1 Å². The summed E-state index contributed by atoms with van der Waals surface area (Å²) in [6.07, 6.45) is 0.685. The molecule has 116 valence electrons. The van der Waals surface area contributed by atoms with E-state index < -0.39 is 12.2 Å². The monoisotopic (exact) mass is 309 g/mol. The second-order valence-corrected chi connectivity index (χ2v) is 5.54. The predicted octanol–water partition coefficient (Wildman–Crippen LogP) is 2.59. The Kier molecular flexibility index (Phi) is 4.24. The van der Waals surface area contributed by atoms with E-state index in [0.717, 1.165) is 11.1 Å². The second-order valence-electron chi connectivity index (χ2n) is 5.54. The van der Waals surface area contributed by atoms with Gasteiger partial charge in [0.05, 0.1) is 19.1 Å². The highest BCUT2D eigenvalue weighted by Gasteiger charge is 2.33. The van der Waals surface area contributed by atoms with Gasteiger partial charge in [-0.2, -0.15) is 5.26 Å². The summed E-state index contributed by atoms with van der Waals surface area (Å²) in [7, 11) is 0. The van der Waals surface area contributed by atoms with Crippen molar-refractivity contribution in [3.63, 3.8) is 0 Å². The number of hydrogen-bond acceptors (Lipinski definition) is 3. The van der Waals surface area contributed by atoms with Crippen LogP contribution in [0.25, 0.3) is 11.1 Å². The molecule has 2 aromatic rings. The molecule has 1 N–H and O–H groups in total. The first-order valence-electron chi connectivity index (χ1n) is 7.42. The van der Waals surface area contributed by atoms with Gasteiger partial charge in [0, 0.05) is 5.56 Å². The van der Waals surface area contributed by atoms with Gasteiger partial charge >= 0.3 is 0 Å². The first-order valence-corrected chi connectivity index (χ1v) is 7.42. The van der Waals surface area contributed by atoms with Gasteiger partial charge < -0.3 is 10.2 Å². The third kappa shape index (κ3) is 3.32. The van der Waals surface area contributed by atoms with E-state index in [1.54, 1.807) is 12.1 Å². The van der Waals surface area contributed by atoms with Crippen molar-refractivity contribution in [1.29, 1.82) is 5.26 Å². The molecule has 0 aromatic heterocycles. The van der Waals surface area contributed by atoms with Crippen LogP contribution in [-0.2, 0) is 0 Å². The van der Waals surface area contributed by atoms with Crippen molar-refractivity contribution in [2.24, 2.45) is 0 Å². The molecule has 23 heavy (non-hydrogen) atoms. The number of nitrogens with zero attached hydrogens (tertiary/aromatic N) is 2. The summed E-state index contributed by atoms with van der Waals surface area (Å²) in [5.74, 6) is -0.322. The average Bonchev–Trinajstić information content (AvgIpc) is 2.96. The molecule has 0 radical (unpaired) electrons.